The minimum Gasteiger partial charge on any atom is -0.328 e. The van der Waals surface area contributed by atoms with Gasteiger partial charge in [-0.1, -0.05) is 0 Å². The number of nitrogens with one attached hydrogen (secondary N) is 2. The quantitative estimate of drug-likeness (QED) is 0.908. The second-order valence-corrected chi connectivity index (χ2v) is 5.59. The van der Waals surface area contributed by atoms with Crippen molar-refractivity contribution in [1.29, 1.82) is 0 Å². The van der Waals surface area contributed by atoms with Gasteiger partial charge >= 0.3 is 6.03 Å². The molecule has 1 aliphatic carbocycles. The Kier molecular flexibility index (Phi) is 4.18. The highest BCUT2D eigenvalue weighted by atomic mass is 19.1. The number of hydrogen-bond donors (Lipinski definition) is 2. The number of aryl methyl sites for hydroxylation is 1. The first-order valence-electron chi connectivity index (χ1n) is 7.35. The molecule has 0 bridgehead atoms. The molecule has 1 aliphatic rings. The van der Waals surface area contributed by atoms with Crippen molar-refractivity contribution in [3.8, 4) is 0 Å². The zero-order valence-electron chi connectivity index (χ0n) is 12.5. The number of carbonyl (C=O) groups excluding carboxylic acids is 1. The van der Waals surface area contributed by atoms with E-state index in [-0.39, 0.29) is 17.6 Å². The van der Waals surface area contributed by atoms with Gasteiger partial charge in [-0.15, -0.1) is 0 Å². The van der Waals surface area contributed by atoms with Crippen molar-refractivity contribution in [2.75, 3.05) is 5.32 Å². The molecule has 0 radical (unpaired) electrons. The molecule has 1 fully saturated rings. The summed E-state index contributed by atoms with van der Waals surface area (Å²) in [5.41, 5.74) is 0.732. The zero-order valence-corrected chi connectivity index (χ0v) is 12.5. The number of nitrogens with zero attached hydrogens (tertiary/aromatic N) is 2. The third-order valence-electron chi connectivity index (χ3n) is 3.65. The molecule has 120 valence electrons. The van der Waals surface area contributed by atoms with Crippen LogP contribution in [0.3, 0.4) is 0 Å². The van der Waals surface area contributed by atoms with Crippen molar-refractivity contribution in [2.45, 2.75) is 25.8 Å². The van der Waals surface area contributed by atoms with E-state index in [0.717, 1.165) is 30.7 Å². The third-order valence-corrected chi connectivity index (χ3v) is 3.65. The van der Waals surface area contributed by atoms with Gasteiger partial charge in [-0.3, -0.25) is 0 Å². The van der Waals surface area contributed by atoms with Crippen LogP contribution in [-0.2, 0) is 0 Å². The molecule has 0 spiro atoms. The van der Waals surface area contributed by atoms with Crippen LogP contribution >= 0.6 is 0 Å². The Balaban J connectivity index is 1.72. The highest BCUT2D eigenvalue weighted by Crippen LogP contribution is 2.39. The van der Waals surface area contributed by atoms with Crippen LogP contribution < -0.4 is 10.6 Å². The van der Waals surface area contributed by atoms with Crippen molar-refractivity contribution < 1.29 is 13.6 Å². The van der Waals surface area contributed by atoms with E-state index in [1.165, 1.54) is 6.07 Å². The fourth-order valence-electron chi connectivity index (χ4n) is 2.33. The Hall–Kier alpha value is -2.57. The zero-order chi connectivity index (χ0) is 16.4. The fourth-order valence-corrected chi connectivity index (χ4v) is 2.33. The van der Waals surface area contributed by atoms with Crippen molar-refractivity contribution in [3.63, 3.8) is 0 Å². The summed E-state index contributed by atoms with van der Waals surface area (Å²) in [6.45, 7) is 1.85. The molecule has 5 nitrogen and oxygen atoms in total. The second kappa shape index (κ2) is 6.28. The van der Waals surface area contributed by atoms with Gasteiger partial charge in [0, 0.05) is 18.0 Å². The predicted octanol–water partition coefficient (Wildman–Crippen LogP) is 3.34. The molecule has 2 aromatic rings. The fraction of sp³-hybridized carbons (Fsp3) is 0.312. The van der Waals surface area contributed by atoms with Gasteiger partial charge in [-0.05, 0) is 43.9 Å². The Bertz CT molecular complexity index is 734. The molecule has 23 heavy (non-hydrogen) atoms. The van der Waals surface area contributed by atoms with E-state index in [0.29, 0.717) is 5.82 Å². The minimum absolute atomic E-state index is 0.0800. The smallest absolute Gasteiger partial charge is 0.319 e. The van der Waals surface area contributed by atoms with Gasteiger partial charge in [0.15, 0.2) is 5.82 Å². The van der Waals surface area contributed by atoms with Crippen LogP contribution in [0.4, 0.5) is 19.3 Å². The number of anilines is 1. The first kappa shape index (κ1) is 15.3. The van der Waals surface area contributed by atoms with Crippen molar-refractivity contribution in [1.82, 2.24) is 15.3 Å². The van der Waals surface area contributed by atoms with E-state index in [2.05, 4.69) is 20.6 Å². The van der Waals surface area contributed by atoms with Gasteiger partial charge < -0.3 is 10.6 Å². The lowest BCUT2D eigenvalue weighted by Gasteiger charge is -2.18. The van der Waals surface area contributed by atoms with Gasteiger partial charge in [0.2, 0.25) is 0 Å². The Morgan fingerprint density at radius 1 is 1.30 bits per heavy atom. The average Bonchev–Trinajstić information content (AvgIpc) is 3.32. The monoisotopic (exact) mass is 318 g/mol. The predicted molar refractivity (Wildman–Crippen MR) is 80.7 cm³/mol. The van der Waals surface area contributed by atoms with Gasteiger partial charge in [-0.2, -0.15) is 0 Å². The lowest BCUT2D eigenvalue weighted by atomic mass is 10.1. The Labute approximate surface area is 132 Å². The van der Waals surface area contributed by atoms with Gasteiger partial charge in [0.1, 0.15) is 11.6 Å². The average molecular weight is 318 g/mol. The third kappa shape index (κ3) is 3.80. The number of hydrogen-bond acceptors (Lipinski definition) is 3. The number of aromatic nitrogens is 2. The van der Waals surface area contributed by atoms with E-state index in [4.69, 9.17) is 0 Å². The van der Waals surface area contributed by atoms with E-state index in [9.17, 15) is 13.6 Å². The summed E-state index contributed by atoms with van der Waals surface area (Å²) in [6, 6.07) is 3.87. The van der Waals surface area contributed by atoms with Crippen LogP contribution in [0.25, 0.3) is 0 Å². The molecule has 3 rings (SSSR count). The first-order valence-corrected chi connectivity index (χ1v) is 7.35. The molecule has 2 N–H and O–H groups in total. The van der Waals surface area contributed by atoms with Crippen LogP contribution in [0, 0.1) is 24.5 Å². The number of benzene rings is 1. The SMILES string of the molecule is Cc1ccnc([C@H](NC(=O)Nc2ccc(F)cc2F)C2CC2)n1. The van der Waals surface area contributed by atoms with Crippen LogP contribution in [0.15, 0.2) is 30.5 Å². The van der Waals surface area contributed by atoms with E-state index in [1.807, 2.05) is 6.92 Å². The molecule has 1 atom stereocenters. The summed E-state index contributed by atoms with van der Waals surface area (Å²) in [4.78, 5) is 20.7. The summed E-state index contributed by atoms with van der Waals surface area (Å²) in [7, 11) is 0. The molecule has 1 heterocycles. The van der Waals surface area contributed by atoms with Crippen LogP contribution in [0.1, 0.15) is 30.4 Å². The molecule has 1 aromatic carbocycles. The molecule has 0 aliphatic heterocycles. The number of rotatable bonds is 4. The normalized spacial score (nSPS) is 15.1. The van der Waals surface area contributed by atoms with Gasteiger partial charge in [-0.25, -0.2) is 23.5 Å². The molecule has 1 aromatic heterocycles. The Morgan fingerprint density at radius 3 is 2.74 bits per heavy atom. The summed E-state index contributed by atoms with van der Waals surface area (Å²) >= 11 is 0. The highest BCUT2D eigenvalue weighted by Gasteiger charge is 2.35. The summed E-state index contributed by atoms with van der Waals surface area (Å²) in [5.74, 6) is -0.699. The van der Waals surface area contributed by atoms with Crippen molar-refractivity contribution in [2.24, 2.45) is 5.92 Å². The lowest BCUT2D eigenvalue weighted by Crippen LogP contribution is -2.35. The summed E-state index contributed by atoms with van der Waals surface area (Å²) < 4.78 is 26.5. The molecular weight excluding hydrogens is 302 g/mol. The maximum absolute atomic E-state index is 13.6. The van der Waals surface area contributed by atoms with Crippen LogP contribution in [-0.4, -0.2) is 16.0 Å². The second-order valence-electron chi connectivity index (χ2n) is 5.59. The van der Waals surface area contributed by atoms with Crippen molar-refractivity contribution >= 4 is 11.7 Å². The maximum atomic E-state index is 13.6. The van der Waals surface area contributed by atoms with Gasteiger partial charge in [0.05, 0.1) is 11.7 Å². The summed E-state index contributed by atoms with van der Waals surface area (Å²) in [5, 5.41) is 5.16. The highest BCUT2D eigenvalue weighted by molar-refractivity contribution is 5.89. The first-order chi connectivity index (χ1) is 11.0. The van der Waals surface area contributed by atoms with Crippen molar-refractivity contribution in [3.05, 3.63) is 53.6 Å². The number of carbonyl (C=O) groups is 1. The molecule has 1 saturated carbocycles. The van der Waals surface area contributed by atoms with E-state index < -0.39 is 17.7 Å². The molecule has 0 saturated heterocycles. The number of halogens is 2. The van der Waals surface area contributed by atoms with E-state index in [1.54, 1.807) is 12.3 Å². The molecule has 7 heteroatoms. The standard InChI is InChI=1S/C16H16F2N4O/c1-9-6-7-19-15(20-9)14(10-2-3-10)22-16(23)21-13-5-4-11(17)8-12(13)18/h4-8,10,14H,2-3H2,1H3,(H2,21,22,23)/t14-/m1/s1. The number of amides is 2. The maximum Gasteiger partial charge on any atom is 0.319 e. The summed E-state index contributed by atoms with van der Waals surface area (Å²) in [6.07, 6.45) is 3.60. The minimum atomic E-state index is -0.824. The van der Waals surface area contributed by atoms with Crippen LogP contribution in [0.5, 0.6) is 0 Å². The number of urea groups is 1. The van der Waals surface area contributed by atoms with Crippen LogP contribution in [0.2, 0.25) is 0 Å². The molecule has 0 unspecified atom stereocenters. The molecule has 2 amide bonds. The lowest BCUT2D eigenvalue weighted by molar-refractivity contribution is 0.246. The van der Waals surface area contributed by atoms with E-state index >= 15 is 0 Å². The topological polar surface area (TPSA) is 66.9 Å². The Morgan fingerprint density at radius 2 is 2.09 bits per heavy atom. The van der Waals surface area contributed by atoms with Gasteiger partial charge in [0.25, 0.3) is 0 Å². The largest absolute Gasteiger partial charge is 0.328 e. The molecular formula is C16H16F2N4O.